The Kier molecular flexibility index (Phi) is 4.39. The highest BCUT2D eigenvalue weighted by molar-refractivity contribution is 7.20. The predicted molar refractivity (Wildman–Crippen MR) is 99.9 cm³/mol. The van der Waals surface area contributed by atoms with E-state index in [0.717, 1.165) is 22.3 Å². The minimum absolute atomic E-state index is 0.0336. The molecule has 0 aliphatic carbocycles. The van der Waals surface area contributed by atoms with Gasteiger partial charge in [0.1, 0.15) is 16.1 Å². The molecule has 2 amide bonds. The van der Waals surface area contributed by atoms with Crippen molar-refractivity contribution in [3.63, 3.8) is 0 Å². The number of hydrogen-bond donors (Lipinski definition) is 0. The minimum Gasteiger partial charge on any atom is -0.361 e. The van der Waals surface area contributed by atoms with Gasteiger partial charge in [-0.3, -0.25) is 14.6 Å². The first-order valence-corrected chi connectivity index (χ1v) is 9.45. The molecule has 1 fully saturated rings. The van der Waals surface area contributed by atoms with Crippen LogP contribution < -0.4 is 0 Å². The maximum absolute atomic E-state index is 12.7. The topological polar surface area (TPSA) is 92.4 Å². The fourth-order valence-electron chi connectivity index (χ4n) is 3.39. The molecule has 0 radical (unpaired) electrons. The second-order valence-electron chi connectivity index (χ2n) is 6.81. The van der Waals surface area contributed by atoms with Crippen molar-refractivity contribution in [2.75, 3.05) is 27.2 Å². The summed E-state index contributed by atoms with van der Waals surface area (Å²) in [5, 5.41) is 3.82. The van der Waals surface area contributed by atoms with E-state index in [0.29, 0.717) is 29.4 Å². The first-order chi connectivity index (χ1) is 13.0. The Labute approximate surface area is 159 Å². The third-order valence-electron chi connectivity index (χ3n) is 4.69. The SMILES string of the molecule is Cc1cc(C(=O)N2CC[C@@H](c3c(C(=O)N(C)C)sc4nccnc34)C2)no1. The van der Waals surface area contributed by atoms with Crippen molar-refractivity contribution < 1.29 is 14.1 Å². The van der Waals surface area contributed by atoms with Crippen LogP contribution in [-0.4, -0.2) is 63.9 Å². The van der Waals surface area contributed by atoms with E-state index in [1.807, 2.05) is 0 Å². The third kappa shape index (κ3) is 3.08. The normalized spacial score (nSPS) is 16.9. The number of carbonyl (C=O) groups is 2. The molecular weight excluding hydrogens is 366 g/mol. The zero-order valence-electron chi connectivity index (χ0n) is 15.3. The number of rotatable bonds is 3. The van der Waals surface area contributed by atoms with E-state index in [1.165, 1.54) is 11.3 Å². The maximum Gasteiger partial charge on any atom is 0.276 e. The molecule has 140 valence electrons. The largest absolute Gasteiger partial charge is 0.361 e. The van der Waals surface area contributed by atoms with Gasteiger partial charge in [-0.1, -0.05) is 5.16 Å². The first kappa shape index (κ1) is 17.6. The average Bonchev–Trinajstić information content (AvgIpc) is 3.37. The molecule has 1 aliphatic heterocycles. The molecule has 4 rings (SSSR count). The summed E-state index contributed by atoms with van der Waals surface area (Å²) in [6.07, 6.45) is 4.03. The number of hydrogen-bond acceptors (Lipinski definition) is 7. The number of carbonyl (C=O) groups excluding carboxylic acids is 2. The second kappa shape index (κ2) is 6.73. The molecule has 1 atom stereocenters. The summed E-state index contributed by atoms with van der Waals surface area (Å²) in [6, 6.07) is 1.64. The van der Waals surface area contributed by atoms with Crippen LogP contribution in [0, 0.1) is 6.92 Å². The van der Waals surface area contributed by atoms with Gasteiger partial charge in [0.15, 0.2) is 5.69 Å². The average molecular weight is 385 g/mol. The molecule has 27 heavy (non-hydrogen) atoms. The molecule has 8 nitrogen and oxygen atoms in total. The molecule has 4 heterocycles. The lowest BCUT2D eigenvalue weighted by molar-refractivity contribution is 0.0780. The number of likely N-dealkylation sites (tertiary alicyclic amines) is 1. The Morgan fingerprint density at radius 1 is 1.30 bits per heavy atom. The van der Waals surface area contributed by atoms with Gasteiger partial charge in [-0.25, -0.2) is 4.98 Å². The van der Waals surface area contributed by atoms with Crippen molar-refractivity contribution in [1.82, 2.24) is 24.9 Å². The first-order valence-electron chi connectivity index (χ1n) is 8.63. The highest BCUT2D eigenvalue weighted by Crippen LogP contribution is 2.39. The van der Waals surface area contributed by atoms with Crippen LogP contribution in [0.25, 0.3) is 10.3 Å². The molecule has 1 saturated heterocycles. The Balaban J connectivity index is 1.67. The molecule has 0 bridgehead atoms. The Hall–Kier alpha value is -2.81. The van der Waals surface area contributed by atoms with Crippen molar-refractivity contribution in [3.05, 3.63) is 40.4 Å². The van der Waals surface area contributed by atoms with Crippen LogP contribution in [0.3, 0.4) is 0 Å². The Bertz CT molecular complexity index is 1030. The van der Waals surface area contributed by atoms with Gasteiger partial charge in [0, 0.05) is 57.1 Å². The predicted octanol–water partition coefficient (Wildman–Crippen LogP) is 2.32. The zero-order valence-corrected chi connectivity index (χ0v) is 16.1. The smallest absolute Gasteiger partial charge is 0.276 e. The highest BCUT2D eigenvalue weighted by Gasteiger charge is 2.34. The van der Waals surface area contributed by atoms with Gasteiger partial charge in [0.25, 0.3) is 11.8 Å². The van der Waals surface area contributed by atoms with Gasteiger partial charge >= 0.3 is 0 Å². The highest BCUT2D eigenvalue weighted by atomic mass is 32.1. The summed E-state index contributed by atoms with van der Waals surface area (Å²) >= 11 is 1.36. The van der Waals surface area contributed by atoms with Crippen LogP contribution in [0.1, 0.15) is 43.8 Å². The van der Waals surface area contributed by atoms with Crippen molar-refractivity contribution in [2.24, 2.45) is 0 Å². The summed E-state index contributed by atoms with van der Waals surface area (Å²) < 4.78 is 5.01. The lowest BCUT2D eigenvalue weighted by Crippen LogP contribution is -2.29. The van der Waals surface area contributed by atoms with Gasteiger partial charge in [-0.2, -0.15) is 0 Å². The fourth-order valence-corrected chi connectivity index (χ4v) is 4.60. The van der Waals surface area contributed by atoms with E-state index >= 15 is 0 Å². The number of fused-ring (bicyclic) bond motifs is 1. The Morgan fingerprint density at radius 3 is 2.78 bits per heavy atom. The van der Waals surface area contributed by atoms with E-state index in [-0.39, 0.29) is 17.7 Å². The lowest BCUT2D eigenvalue weighted by atomic mass is 9.97. The summed E-state index contributed by atoms with van der Waals surface area (Å²) in [7, 11) is 3.46. The van der Waals surface area contributed by atoms with Crippen LogP contribution in [-0.2, 0) is 0 Å². The third-order valence-corrected chi connectivity index (χ3v) is 5.79. The number of aryl methyl sites for hydroxylation is 1. The minimum atomic E-state index is -0.152. The van der Waals surface area contributed by atoms with Crippen molar-refractivity contribution in [1.29, 1.82) is 0 Å². The maximum atomic E-state index is 12.7. The Morgan fingerprint density at radius 2 is 2.07 bits per heavy atom. The zero-order chi connectivity index (χ0) is 19.1. The van der Waals surface area contributed by atoms with Crippen LogP contribution in [0.2, 0.25) is 0 Å². The van der Waals surface area contributed by atoms with E-state index < -0.39 is 0 Å². The van der Waals surface area contributed by atoms with Crippen LogP contribution in [0.15, 0.2) is 23.0 Å². The molecule has 0 saturated carbocycles. The molecule has 0 aromatic carbocycles. The van der Waals surface area contributed by atoms with Gasteiger partial charge in [-0.15, -0.1) is 11.3 Å². The van der Waals surface area contributed by atoms with Gasteiger partial charge in [-0.05, 0) is 13.3 Å². The van der Waals surface area contributed by atoms with Gasteiger partial charge < -0.3 is 14.3 Å². The molecule has 3 aromatic rings. The number of amides is 2. The number of nitrogens with zero attached hydrogens (tertiary/aromatic N) is 5. The van der Waals surface area contributed by atoms with Gasteiger partial charge in [0.05, 0.1) is 4.88 Å². The van der Waals surface area contributed by atoms with Crippen LogP contribution >= 0.6 is 11.3 Å². The lowest BCUT2D eigenvalue weighted by Gasteiger charge is -2.16. The molecule has 0 N–H and O–H groups in total. The molecular formula is C18H19N5O3S. The van der Waals surface area contributed by atoms with Crippen molar-refractivity contribution >= 4 is 33.5 Å². The standard InChI is InChI=1S/C18H19N5O3S/c1-10-8-12(21-26-10)17(24)23-7-4-11(9-23)13-14-16(20-6-5-19-14)27-15(13)18(25)22(2)3/h5-6,8,11H,4,7,9H2,1-3H3/t11-/m1/s1. The van der Waals surface area contributed by atoms with Crippen LogP contribution in [0.5, 0.6) is 0 Å². The van der Waals surface area contributed by atoms with Crippen molar-refractivity contribution in [3.8, 4) is 0 Å². The number of thiophene rings is 1. The van der Waals surface area contributed by atoms with E-state index in [2.05, 4.69) is 15.1 Å². The van der Waals surface area contributed by atoms with E-state index in [4.69, 9.17) is 4.52 Å². The molecule has 0 spiro atoms. The summed E-state index contributed by atoms with van der Waals surface area (Å²) in [5.74, 6) is 0.422. The van der Waals surface area contributed by atoms with Gasteiger partial charge in [0.2, 0.25) is 0 Å². The molecule has 3 aromatic heterocycles. The van der Waals surface area contributed by atoms with Crippen LogP contribution in [0.4, 0.5) is 0 Å². The summed E-state index contributed by atoms with van der Waals surface area (Å²) in [4.78, 5) is 38.9. The van der Waals surface area contributed by atoms with E-state index in [1.54, 1.807) is 49.3 Å². The quantitative estimate of drug-likeness (QED) is 0.687. The summed E-state index contributed by atoms with van der Waals surface area (Å²) in [6.45, 7) is 2.87. The molecule has 0 unspecified atom stereocenters. The molecule has 1 aliphatic rings. The fraction of sp³-hybridized carbons (Fsp3) is 0.389. The van der Waals surface area contributed by atoms with E-state index in [9.17, 15) is 9.59 Å². The monoisotopic (exact) mass is 385 g/mol. The summed E-state index contributed by atoms with van der Waals surface area (Å²) in [5.41, 5.74) is 1.96. The second-order valence-corrected chi connectivity index (χ2v) is 7.81. The van der Waals surface area contributed by atoms with Crippen molar-refractivity contribution in [2.45, 2.75) is 19.3 Å². The number of aromatic nitrogens is 3. The molecule has 9 heteroatoms.